The number of carbonyl (C=O) groups excluding carboxylic acids is 1. The van der Waals surface area contributed by atoms with Gasteiger partial charge in [0.1, 0.15) is 5.60 Å². The van der Waals surface area contributed by atoms with Crippen LogP contribution >= 0.6 is 0 Å². The number of likely N-dealkylation sites (tertiary alicyclic amines) is 1. The van der Waals surface area contributed by atoms with Crippen LogP contribution in [0.2, 0.25) is 0 Å². The summed E-state index contributed by atoms with van der Waals surface area (Å²) in [6.07, 6.45) is 14.6. The van der Waals surface area contributed by atoms with Gasteiger partial charge in [0.15, 0.2) is 0 Å². The molecule has 3 N–H and O–H groups in total. The van der Waals surface area contributed by atoms with Gasteiger partial charge in [-0.1, -0.05) is 68.5 Å². The average Bonchev–Trinajstić information content (AvgIpc) is 3.41. The molecular formula is C37H53NO4. The molecule has 5 nitrogen and oxygen atoms in total. The molecule has 4 aliphatic rings. The molecule has 230 valence electrons. The fraction of sp³-hybridized carbons (Fsp3) is 0.649. The third kappa shape index (κ3) is 6.49. The number of benzene rings is 1. The van der Waals surface area contributed by atoms with Crippen LogP contribution in [0.4, 0.5) is 0 Å². The Labute approximate surface area is 253 Å². The molecule has 1 aromatic carbocycles. The van der Waals surface area contributed by atoms with Crippen LogP contribution < -0.4 is 0 Å². The van der Waals surface area contributed by atoms with Crippen LogP contribution in [0.1, 0.15) is 97.0 Å². The standard InChI is InChI=1S/C37H53NO4/c1-25(21-30-24-37(4,42)35(41)38(30)20-9-8-13-27-11-6-5-7-12-27)32-17-18-33-28(14-10-19-36(32,33)3)15-16-29-22-31(39)23-34(40)26(29)2/h5-7,11-12,15-16,25,30-34,39-40,42H,2,8-10,13-14,17-24H2,1,3-4H3/b28-15+,29-16-/t25-,30+,31-,32-,33+,34+,36-,37+/m1/s1. The maximum Gasteiger partial charge on any atom is 0.254 e. The Bertz CT molecular complexity index is 1190. The summed E-state index contributed by atoms with van der Waals surface area (Å²) in [4.78, 5) is 15.2. The zero-order valence-electron chi connectivity index (χ0n) is 26.1. The van der Waals surface area contributed by atoms with E-state index >= 15 is 0 Å². The van der Waals surface area contributed by atoms with E-state index in [1.165, 1.54) is 36.8 Å². The van der Waals surface area contributed by atoms with E-state index in [9.17, 15) is 20.1 Å². The molecule has 1 aliphatic heterocycles. The molecule has 42 heavy (non-hydrogen) atoms. The highest BCUT2D eigenvalue weighted by Gasteiger charge is 2.53. The molecule has 3 saturated carbocycles. The smallest absolute Gasteiger partial charge is 0.254 e. The first-order valence-electron chi connectivity index (χ1n) is 16.5. The highest BCUT2D eigenvalue weighted by molar-refractivity contribution is 5.87. The highest BCUT2D eigenvalue weighted by Crippen LogP contribution is 2.60. The van der Waals surface area contributed by atoms with Crippen molar-refractivity contribution in [3.8, 4) is 0 Å². The number of hydrogen-bond acceptors (Lipinski definition) is 4. The topological polar surface area (TPSA) is 81.0 Å². The Hall–Kier alpha value is -2.21. The third-order valence-corrected chi connectivity index (χ3v) is 11.4. The Morgan fingerprint density at radius 1 is 1.12 bits per heavy atom. The largest absolute Gasteiger partial charge is 0.393 e. The molecule has 1 heterocycles. The first-order chi connectivity index (χ1) is 20.0. The Balaban J connectivity index is 1.23. The molecule has 1 amide bonds. The quantitative estimate of drug-likeness (QED) is 0.293. The molecule has 1 saturated heterocycles. The van der Waals surface area contributed by atoms with Gasteiger partial charge < -0.3 is 20.2 Å². The fourth-order valence-electron chi connectivity index (χ4n) is 9.15. The maximum atomic E-state index is 13.2. The molecule has 0 unspecified atom stereocenters. The molecule has 0 aromatic heterocycles. The van der Waals surface area contributed by atoms with E-state index in [0.29, 0.717) is 37.0 Å². The van der Waals surface area contributed by atoms with Crippen LogP contribution in [-0.4, -0.2) is 56.5 Å². The van der Waals surface area contributed by atoms with Crippen molar-refractivity contribution in [2.24, 2.45) is 23.2 Å². The number of carbonyl (C=O) groups is 1. The van der Waals surface area contributed by atoms with Gasteiger partial charge in [-0.05, 0) is 111 Å². The minimum Gasteiger partial charge on any atom is -0.393 e. The lowest BCUT2D eigenvalue weighted by molar-refractivity contribution is -0.142. The molecule has 4 fully saturated rings. The number of aliphatic hydroxyl groups is 3. The Kier molecular flexibility index (Phi) is 9.51. The van der Waals surface area contributed by atoms with Crippen molar-refractivity contribution in [1.29, 1.82) is 0 Å². The van der Waals surface area contributed by atoms with E-state index in [4.69, 9.17) is 0 Å². The molecule has 3 aliphatic carbocycles. The second-order valence-corrected chi connectivity index (χ2v) is 14.5. The van der Waals surface area contributed by atoms with E-state index in [1.807, 2.05) is 11.0 Å². The summed E-state index contributed by atoms with van der Waals surface area (Å²) in [5.41, 5.74) is 3.54. The molecule has 1 aromatic rings. The highest BCUT2D eigenvalue weighted by atomic mass is 16.3. The summed E-state index contributed by atoms with van der Waals surface area (Å²) in [7, 11) is 0. The number of unbranched alkanes of at least 4 members (excludes halogenated alkanes) is 1. The molecule has 0 bridgehead atoms. The van der Waals surface area contributed by atoms with Crippen LogP contribution in [0, 0.1) is 23.2 Å². The van der Waals surface area contributed by atoms with Gasteiger partial charge >= 0.3 is 0 Å². The third-order valence-electron chi connectivity index (χ3n) is 11.4. The van der Waals surface area contributed by atoms with Crippen molar-refractivity contribution < 1.29 is 20.1 Å². The lowest BCUT2D eigenvalue weighted by Crippen LogP contribution is -2.41. The Morgan fingerprint density at radius 2 is 1.88 bits per heavy atom. The van der Waals surface area contributed by atoms with E-state index in [1.54, 1.807) is 6.92 Å². The minimum absolute atomic E-state index is 0.0922. The van der Waals surface area contributed by atoms with Crippen LogP contribution in [0.5, 0.6) is 0 Å². The van der Waals surface area contributed by atoms with Crippen LogP contribution in [0.25, 0.3) is 0 Å². The van der Waals surface area contributed by atoms with Crippen molar-refractivity contribution in [1.82, 2.24) is 4.90 Å². The molecule has 0 spiro atoms. The van der Waals surface area contributed by atoms with Gasteiger partial charge in [-0.3, -0.25) is 4.79 Å². The summed E-state index contributed by atoms with van der Waals surface area (Å²) in [5.74, 6) is 1.52. The molecule has 0 radical (unpaired) electrons. The maximum absolute atomic E-state index is 13.2. The van der Waals surface area contributed by atoms with Crippen molar-refractivity contribution in [3.63, 3.8) is 0 Å². The molecular weight excluding hydrogens is 522 g/mol. The van der Waals surface area contributed by atoms with Gasteiger partial charge in [0.05, 0.1) is 12.2 Å². The van der Waals surface area contributed by atoms with Gasteiger partial charge in [-0.2, -0.15) is 0 Å². The number of nitrogens with zero attached hydrogens (tertiary/aromatic N) is 1. The fourth-order valence-corrected chi connectivity index (χ4v) is 9.15. The molecule has 5 rings (SSSR count). The molecule has 5 heteroatoms. The summed E-state index contributed by atoms with van der Waals surface area (Å²) in [6, 6.07) is 10.6. The number of aliphatic hydroxyl groups excluding tert-OH is 2. The second-order valence-electron chi connectivity index (χ2n) is 14.5. The van der Waals surface area contributed by atoms with Gasteiger partial charge in [0, 0.05) is 25.4 Å². The number of rotatable bonds is 9. The predicted octanol–water partition coefficient (Wildman–Crippen LogP) is 6.53. The number of allylic oxidation sites excluding steroid dienone is 3. The summed E-state index contributed by atoms with van der Waals surface area (Å²) >= 11 is 0. The van der Waals surface area contributed by atoms with Gasteiger partial charge in [-0.25, -0.2) is 0 Å². The van der Waals surface area contributed by atoms with Gasteiger partial charge in [-0.15, -0.1) is 0 Å². The summed E-state index contributed by atoms with van der Waals surface area (Å²) in [5, 5.41) is 31.4. The Morgan fingerprint density at radius 3 is 2.64 bits per heavy atom. The van der Waals surface area contributed by atoms with Crippen LogP contribution in [0.15, 0.2) is 65.8 Å². The van der Waals surface area contributed by atoms with E-state index in [-0.39, 0.29) is 17.4 Å². The lowest BCUT2D eigenvalue weighted by Gasteiger charge is -2.45. The minimum atomic E-state index is -1.26. The van der Waals surface area contributed by atoms with E-state index < -0.39 is 17.8 Å². The first-order valence-corrected chi connectivity index (χ1v) is 16.5. The first kappa shape index (κ1) is 31.2. The summed E-state index contributed by atoms with van der Waals surface area (Å²) < 4.78 is 0. The monoisotopic (exact) mass is 575 g/mol. The number of amides is 1. The van der Waals surface area contributed by atoms with Crippen molar-refractivity contribution >= 4 is 5.91 Å². The van der Waals surface area contributed by atoms with Crippen LogP contribution in [-0.2, 0) is 11.2 Å². The number of hydrogen-bond donors (Lipinski definition) is 3. The summed E-state index contributed by atoms with van der Waals surface area (Å²) in [6.45, 7) is 11.4. The predicted molar refractivity (Wildman–Crippen MR) is 169 cm³/mol. The zero-order valence-corrected chi connectivity index (χ0v) is 26.1. The molecule has 8 atom stereocenters. The van der Waals surface area contributed by atoms with Gasteiger partial charge in [0.2, 0.25) is 0 Å². The van der Waals surface area contributed by atoms with Crippen molar-refractivity contribution in [2.75, 3.05) is 6.54 Å². The van der Waals surface area contributed by atoms with Crippen molar-refractivity contribution in [3.05, 3.63) is 71.3 Å². The SMILES string of the molecule is C=C1/C(=C\C=C2/CCC[C@]3(C)[C@@H]([C@H](C)C[C@H]4C[C@](C)(O)C(=O)N4CCCCc4ccccc4)CC[C@@H]23)C[C@@H](O)C[C@@H]1O. The number of aryl methyl sites for hydroxylation is 1. The average molecular weight is 576 g/mol. The van der Waals surface area contributed by atoms with Crippen LogP contribution in [0.3, 0.4) is 0 Å². The second kappa shape index (κ2) is 12.8. The zero-order chi connectivity index (χ0) is 30.1. The van der Waals surface area contributed by atoms with Crippen molar-refractivity contribution in [2.45, 2.75) is 122 Å². The van der Waals surface area contributed by atoms with Gasteiger partial charge in [0.25, 0.3) is 5.91 Å². The lowest BCUT2D eigenvalue weighted by atomic mass is 9.60. The van der Waals surface area contributed by atoms with E-state index in [0.717, 1.165) is 49.8 Å². The number of fused-ring (bicyclic) bond motifs is 1. The normalized spacial score (nSPS) is 38.0. The van der Waals surface area contributed by atoms with E-state index in [2.05, 4.69) is 56.8 Å².